The average molecular weight is 354 g/mol. The Labute approximate surface area is 148 Å². The van der Waals surface area contributed by atoms with Gasteiger partial charge in [0.15, 0.2) is 0 Å². The summed E-state index contributed by atoms with van der Waals surface area (Å²) in [6.45, 7) is 7.49. The van der Waals surface area contributed by atoms with Gasteiger partial charge in [-0.15, -0.1) is 0 Å². The van der Waals surface area contributed by atoms with E-state index in [0.29, 0.717) is 32.4 Å². The van der Waals surface area contributed by atoms with Crippen LogP contribution < -0.4 is 16.4 Å². The fourth-order valence-electron chi connectivity index (χ4n) is 2.93. The second-order valence-electron chi connectivity index (χ2n) is 6.64. The largest absolute Gasteiger partial charge is 0.368 e. The molecule has 0 aromatic rings. The van der Waals surface area contributed by atoms with Crippen LogP contribution in [0.1, 0.15) is 47.0 Å². The summed E-state index contributed by atoms with van der Waals surface area (Å²) in [6, 6.07) is -1.51. The third-order valence-corrected chi connectivity index (χ3v) is 4.84. The van der Waals surface area contributed by atoms with Gasteiger partial charge in [0.05, 0.1) is 0 Å². The van der Waals surface area contributed by atoms with E-state index in [2.05, 4.69) is 10.6 Å². The minimum atomic E-state index is -0.796. The van der Waals surface area contributed by atoms with Gasteiger partial charge in [0.2, 0.25) is 23.6 Å². The van der Waals surface area contributed by atoms with Crippen molar-refractivity contribution in [2.45, 2.75) is 59.0 Å². The second-order valence-corrected chi connectivity index (χ2v) is 6.64. The van der Waals surface area contributed by atoms with Crippen molar-refractivity contribution in [2.24, 2.45) is 17.6 Å². The molecule has 1 aliphatic rings. The van der Waals surface area contributed by atoms with Crippen molar-refractivity contribution in [3.63, 3.8) is 0 Å². The lowest BCUT2D eigenvalue weighted by Gasteiger charge is -2.32. The summed E-state index contributed by atoms with van der Waals surface area (Å²) in [5, 5.41) is 5.46. The summed E-state index contributed by atoms with van der Waals surface area (Å²) < 4.78 is 0. The van der Waals surface area contributed by atoms with Gasteiger partial charge in [-0.2, -0.15) is 0 Å². The highest BCUT2D eigenvalue weighted by Gasteiger charge is 2.33. The predicted octanol–water partition coefficient (Wildman–Crippen LogP) is -0.234. The molecule has 8 nitrogen and oxygen atoms in total. The van der Waals surface area contributed by atoms with Crippen LogP contribution in [-0.2, 0) is 19.2 Å². The fourth-order valence-corrected chi connectivity index (χ4v) is 2.93. The fraction of sp³-hybridized carbons (Fsp3) is 0.765. The number of carbonyl (C=O) groups is 4. The van der Waals surface area contributed by atoms with E-state index in [-0.39, 0.29) is 17.7 Å². The molecule has 2 unspecified atom stereocenters. The van der Waals surface area contributed by atoms with Crippen LogP contribution in [-0.4, -0.2) is 53.7 Å². The normalized spacial score (nSPS) is 30.2. The average Bonchev–Trinajstić information content (AvgIpc) is 2.57. The molecule has 4 N–H and O–H groups in total. The topological polar surface area (TPSA) is 122 Å². The molecule has 4 amide bonds. The zero-order valence-corrected chi connectivity index (χ0v) is 15.5. The van der Waals surface area contributed by atoms with Crippen LogP contribution in [0, 0.1) is 11.8 Å². The summed E-state index contributed by atoms with van der Waals surface area (Å²) in [7, 11) is 0. The number of nitrogens with two attached hydrogens (primary N) is 1. The van der Waals surface area contributed by atoms with Crippen molar-refractivity contribution in [1.82, 2.24) is 15.5 Å². The first kappa shape index (κ1) is 20.9. The number of primary amides is 1. The van der Waals surface area contributed by atoms with Gasteiger partial charge in [-0.05, 0) is 33.1 Å². The predicted molar refractivity (Wildman–Crippen MR) is 93.2 cm³/mol. The molecule has 1 saturated heterocycles. The van der Waals surface area contributed by atoms with Gasteiger partial charge in [0.25, 0.3) is 0 Å². The molecule has 0 radical (unpaired) electrons. The molecule has 142 valence electrons. The minimum Gasteiger partial charge on any atom is -0.368 e. The molecule has 8 heteroatoms. The molecule has 0 aromatic heterocycles. The quantitative estimate of drug-likeness (QED) is 0.634. The van der Waals surface area contributed by atoms with E-state index in [1.165, 1.54) is 4.90 Å². The number of amides is 4. The highest BCUT2D eigenvalue weighted by atomic mass is 16.2. The van der Waals surface area contributed by atoms with Gasteiger partial charge in [0.1, 0.15) is 12.1 Å². The van der Waals surface area contributed by atoms with Crippen molar-refractivity contribution in [3.8, 4) is 0 Å². The van der Waals surface area contributed by atoms with Crippen LogP contribution in [0.2, 0.25) is 0 Å². The van der Waals surface area contributed by atoms with Gasteiger partial charge < -0.3 is 21.3 Å². The Morgan fingerprint density at radius 3 is 2.28 bits per heavy atom. The Balaban J connectivity index is 3.04. The number of likely N-dealkylation sites (N-methyl/N-ethyl adjacent to an activating group) is 1. The van der Waals surface area contributed by atoms with E-state index < -0.39 is 29.8 Å². The monoisotopic (exact) mass is 354 g/mol. The lowest BCUT2D eigenvalue weighted by molar-refractivity contribution is -0.143. The molecule has 0 aromatic carbocycles. The van der Waals surface area contributed by atoms with Gasteiger partial charge in [0, 0.05) is 24.9 Å². The maximum atomic E-state index is 12.7. The van der Waals surface area contributed by atoms with Gasteiger partial charge in [-0.1, -0.05) is 13.8 Å². The van der Waals surface area contributed by atoms with E-state index in [1.54, 1.807) is 27.7 Å². The molecule has 4 atom stereocenters. The van der Waals surface area contributed by atoms with Crippen molar-refractivity contribution in [2.75, 3.05) is 13.1 Å². The molecule has 1 rings (SSSR count). The number of hydrogen-bond donors (Lipinski definition) is 3. The van der Waals surface area contributed by atoms with E-state index in [1.807, 2.05) is 0 Å². The second kappa shape index (κ2) is 9.39. The number of rotatable bonds is 2. The van der Waals surface area contributed by atoms with Crippen molar-refractivity contribution in [3.05, 3.63) is 0 Å². The Morgan fingerprint density at radius 1 is 1.12 bits per heavy atom. The standard InChI is InChI=1S/C17H30N4O4/c1-5-21-13(14(18)22)8-6-7-9-19-15(23)10(2)11(3)16(24)20-12(4)17(21)25/h10-13H,5-9H2,1-4H3,(H2,18,22)(H,19,23)(H,20,24)/t10?,11?,12-,13-/m0/s1. The van der Waals surface area contributed by atoms with Crippen LogP contribution in [0.4, 0.5) is 0 Å². The van der Waals surface area contributed by atoms with Crippen molar-refractivity contribution >= 4 is 23.6 Å². The first-order valence-corrected chi connectivity index (χ1v) is 8.88. The summed E-state index contributed by atoms with van der Waals surface area (Å²) in [5.41, 5.74) is 5.48. The molecule has 0 spiro atoms. The van der Waals surface area contributed by atoms with Crippen molar-refractivity contribution < 1.29 is 19.2 Å². The SMILES string of the molecule is CCN1C(=O)[C@H](C)NC(=O)C(C)C(C)C(=O)NCCCC[C@H]1C(N)=O. The van der Waals surface area contributed by atoms with Crippen LogP contribution in [0.25, 0.3) is 0 Å². The van der Waals surface area contributed by atoms with Crippen LogP contribution in [0.15, 0.2) is 0 Å². The molecule has 1 fully saturated rings. The third kappa shape index (κ3) is 5.44. The maximum Gasteiger partial charge on any atom is 0.245 e. The summed E-state index contributed by atoms with van der Waals surface area (Å²) in [4.78, 5) is 50.4. The highest BCUT2D eigenvalue weighted by Crippen LogP contribution is 2.15. The number of nitrogens with one attached hydrogen (secondary N) is 2. The lowest BCUT2D eigenvalue weighted by Crippen LogP contribution is -2.55. The summed E-state index contributed by atoms with van der Waals surface area (Å²) in [5.74, 6) is -2.54. The number of nitrogens with zero attached hydrogens (tertiary/aromatic N) is 1. The molecule has 1 aliphatic heterocycles. The zero-order chi connectivity index (χ0) is 19.1. The van der Waals surface area contributed by atoms with E-state index >= 15 is 0 Å². The summed E-state index contributed by atoms with van der Waals surface area (Å²) in [6.07, 6.45) is 1.75. The lowest BCUT2D eigenvalue weighted by atomic mass is 9.93. The van der Waals surface area contributed by atoms with Gasteiger partial charge in [-0.3, -0.25) is 19.2 Å². The number of carbonyl (C=O) groups excluding carboxylic acids is 4. The highest BCUT2D eigenvalue weighted by molar-refractivity contribution is 5.93. The Kier molecular flexibility index (Phi) is 7.86. The van der Waals surface area contributed by atoms with Crippen LogP contribution >= 0.6 is 0 Å². The molecular formula is C17H30N4O4. The maximum absolute atomic E-state index is 12.7. The van der Waals surface area contributed by atoms with E-state index in [4.69, 9.17) is 5.73 Å². The summed E-state index contributed by atoms with van der Waals surface area (Å²) >= 11 is 0. The Morgan fingerprint density at radius 2 is 1.72 bits per heavy atom. The van der Waals surface area contributed by atoms with Gasteiger partial charge >= 0.3 is 0 Å². The molecule has 0 bridgehead atoms. The molecule has 1 heterocycles. The minimum absolute atomic E-state index is 0.194. The van der Waals surface area contributed by atoms with E-state index in [9.17, 15) is 19.2 Å². The third-order valence-electron chi connectivity index (χ3n) is 4.84. The van der Waals surface area contributed by atoms with Crippen LogP contribution in [0.5, 0.6) is 0 Å². The Bertz CT molecular complexity index is 523. The number of hydrogen-bond acceptors (Lipinski definition) is 4. The van der Waals surface area contributed by atoms with Gasteiger partial charge in [-0.25, -0.2) is 0 Å². The first-order chi connectivity index (χ1) is 11.7. The first-order valence-electron chi connectivity index (χ1n) is 8.88. The smallest absolute Gasteiger partial charge is 0.245 e. The molecule has 0 aliphatic carbocycles. The van der Waals surface area contributed by atoms with Crippen molar-refractivity contribution in [1.29, 1.82) is 0 Å². The zero-order valence-electron chi connectivity index (χ0n) is 15.5. The molecular weight excluding hydrogens is 324 g/mol. The molecule has 0 saturated carbocycles. The Hall–Kier alpha value is -2.12. The van der Waals surface area contributed by atoms with Crippen LogP contribution in [0.3, 0.4) is 0 Å². The van der Waals surface area contributed by atoms with E-state index in [0.717, 1.165) is 0 Å². The molecule has 25 heavy (non-hydrogen) atoms.